The fourth-order valence-corrected chi connectivity index (χ4v) is 0.161. The molecule has 0 aromatic rings. The standard InChI is InChI=1S/C5H7O/c1-2-3-4-5-6/h2H,1,3-4H2/q-1. The molecule has 0 heterocycles. The minimum absolute atomic E-state index is 0.490. The van der Waals surface area contributed by atoms with Gasteiger partial charge in [0, 0.05) is 0 Å². The molecule has 0 bridgehead atoms. The molecule has 0 aliphatic carbocycles. The largest absolute Gasteiger partial charge is 0.542 e. The van der Waals surface area contributed by atoms with Crippen molar-refractivity contribution >= 4 is 6.29 Å². The maximum absolute atomic E-state index is 9.39. The topological polar surface area (TPSA) is 17.1 Å². The summed E-state index contributed by atoms with van der Waals surface area (Å²) in [7, 11) is 0. The van der Waals surface area contributed by atoms with Crippen LogP contribution < -0.4 is 0 Å². The van der Waals surface area contributed by atoms with Crippen LogP contribution in [0, 0.1) is 0 Å². The summed E-state index contributed by atoms with van der Waals surface area (Å²) in [6.45, 7) is 3.42. The van der Waals surface area contributed by atoms with E-state index in [0.29, 0.717) is 6.42 Å². The Morgan fingerprint density at radius 1 is 1.83 bits per heavy atom. The second kappa shape index (κ2) is 4.41. The third-order valence-electron chi connectivity index (χ3n) is 0.451. The number of unbranched alkanes of at least 4 members (excludes halogenated alkanes) is 1. The minimum atomic E-state index is 0.490. The molecule has 0 saturated heterocycles. The van der Waals surface area contributed by atoms with Gasteiger partial charge in [-0.3, -0.25) is 6.29 Å². The Bertz CT molecular complexity index is 39.9. The average Bonchev–Trinajstić information content (AvgIpc) is 1.61. The minimum Gasteiger partial charge on any atom is -0.542 e. The van der Waals surface area contributed by atoms with E-state index in [4.69, 9.17) is 0 Å². The summed E-state index contributed by atoms with van der Waals surface area (Å²) in [5, 5.41) is 0. The third kappa shape index (κ3) is 3.41. The van der Waals surface area contributed by atoms with Crippen molar-refractivity contribution in [1.82, 2.24) is 0 Å². The highest BCUT2D eigenvalue weighted by molar-refractivity contribution is 5.50. The predicted molar refractivity (Wildman–Crippen MR) is 25.1 cm³/mol. The lowest BCUT2D eigenvalue weighted by molar-refractivity contribution is 0.552. The third-order valence-corrected chi connectivity index (χ3v) is 0.451. The van der Waals surface area contributed by atoms with Crippen molar-refractivity contribution in [3.05, 3.63) is 12.7 Å². The molecule has 0 N–H and O–H groups in total. The molecule has 0 saturated carbocycles. The van der Waals surface area contributed by atoms with E-state index in [1.165, 1.54) is 0 Å². The molecular weight excluding hydrogens is 76.1 g/mol. The van der Waals surface area contributed by atoms with Gasteiger partial charge in [-0.1, -0.05) is 12.5 Å². The summed E-state index contributed by atoms with van der Waals surface area (Å²) < 4.78 is 0. The Hall–Kier alpha value is -0.590. The van der Waals surface area contributed by atoms with Crippen molar-refractivity contribution in [2.45, 2.75) is 12.8 Å². The van der Waals surface area contributed by atoms with Crippen LogP contribution in [0.4, 0.5) is 0 Å². The van der Waals surface area contributed by atoms with Gasteiger partial charge in [-0.25, -0.2) is 0 Å². The number of allylic oxidation sites excluding steroid dienone is 1. The van der Waals surface area contributed by atoms with E-state index < -0.39 is 0 Å². The van der Waals surface area contributed by atoms with Crippen molar-refractivity contribution in [2.75, 3.05) is 0 Å². The first-order valence-electron chi connectivity index (χ1n) is 1.87. The molecule has 0 aliphatic heterocycles. The molecule has 1 heteroatoms. The van der Waals surface area contributed by atoms with Crippen LogP contribution in [0.2, 0.25) is 0 Å². The van der Waals surface area contributed by atoms with Crippen molar-refractivity contribution in [3.63, 3.8) is 0 Å². The van der Waals surface area contributed by atoms with E-state index in [9.17, 15) is 4.79 Å². The Morgan fingerprint density at radius 2 is 2.50 bits per heavy atom. The molecule has 6 heavy (non-hydrogen) atoms. The average molecular weight is 83.1 g/mol. The van der Waals surface area contributed by atoms with Gasteiger partial charge < -0.3 is 4.79 Å². The highest BCUT2D eigenvalue weighted by atomic mass is 16.1. The van der Waals surface area contributed by atoms with Crippen LogP contribution in [0.1, 0.15) is 12.8 Å². The monoisotopic (exact) mass is 83.1 g/mol. The van der Waals surface area contributed by atoms with Gasteiger partial charge in [0.25, 0.3) is 0 Å². The van der Waals surface area contributed by atoms with Crippen LogP contribution in [0.25, 0.3) is 0 Å². The SMILES string of the molecule is C=CCC[C-]=O. The quantitative estimate of drug-likeness (QED) is 0.283. The van der Waals surface area contributed by atoms with Crippen LogP contribution in [0.5, 0.6) is 0 Å². The van der Waals surface area contributed by atoms with E-state index in [1.807, 2.05) is 0 Å². The van der Waals surface area contributed by atoms with E-state index in [1.54, 1.807) is 12.4 Å². The summed E-state index contributed by atoms with van der Waals surface area (Å²) in [6, 6.07) is 0. The fourth-order valence-electron chi connectivity index (χ4n) is 0.161. The van der Waals surface area contributed by atoms with Gasteiger partial charge in [-0.05, 0) is 0 Å². The summed E-state index contributed by atoms with van der Waals surface area (Å²) in [5.41, 5.74) is 0. The molecule has 0 atom stereocenters. The highest BCUT2D eigenvalue weighted by Gasteiger charge is 1.58. The molecule has 1 nitrogen and oxygen atoms in total. The second-order valence-electron chi connectivity index (χ2n) is 0.972. The predicted octanol–water partition coefficient (Wildman–Crippen LogP) is 1.06. The fraction of sp³-hybridized carbons (Fsp3) is 0.400. The Morgan fingerprint density at radius 3 is 2.67 bits per heavy atom. The lowest BCUT2D eigenvalue weighted by atomic mass is 10.3. The van der Waals surface area contributed by atoms with Crippen molar-refractivity contribution in [2.24, 2.45) is 0 Å². The number of rotatable bonds is 3. The van der Waals surface area contributed by atoms with Gasteiger partial charge in [-0.15, -0.1) is 13.0 Å². The van der Waals surface area contributed by atoms with E-state index in [0.717, 1.165) is 6.42 Å². The Balaban J connectivity index is 2.66. The van der Waals surface area contributed by atoms with Gasteiger partial charge in [-0.2, -0.15) is 0 Å². The summed E-state index contributed by atoms with van der Waals surface area (Å²) >= 11 is 0. The summed E-state index contributed by atoms with van der Waals surface area (Å²) in [6.07, 6.45) is 4.69. The smallest absolute Gasteiger partial charge is 0.0594 e. The first-order chi connectivity index (χ1) is 2.91. The van der Waals surface area contributed by atoms with E-state index in [2.05, 4.69) is 6.58 Å². The molecular formula is C5H7O-. The Kier molecular flexibility index (Phi) is 3.98. The van der Waals surface area contributed by atoms with E-state index in [-0.39, 0.29) is 0 Å². The van der Waals surface area contributed by atoms with Gasteiger partial charge >= 0.3 is 0 Å². The maximum Gasteiger partial charge on any atom is -0.0594 e. The summed E-state index contributed by atoms with van der Waals surface area (Å²) in [4.78, 5) is 9.39. The van der Waals surface area contributed by atoms with Crippen molar-refractivity contribution in [1.29, 1.82) is 0 Å². The molecule has 0 aromatic carbocycles. The number of carbonyl (C=O) groups excluding carboxylic acids is 1. The molecule has 0 spiro atoms. The van der Waals surface area contributed by atoms with Crippen LogP contribution in [-0.2, 0) is 4.79 Å². The number of hydrogen-bond acceptors (Lipinski definition) is 1. The zero-order chi connectivity index (χ0) is 4.83. The number of hydrogen-bond donors (Lipinski definition) is 0. The zero-order valence-electron chi connectivity index (χ0n) is 3.61. The molecule has 0 rings (SSSR count). The van der Waals surface area contributed by atoms with Gasteiger partial charge in [0.2, 0.25) is 0 Å². The van der Waals surface area contributed by atoms with Crippen LogP contribution in [0.3, 0.4) is 0 Å². The molecule has 0 radical (unpaired) electrons. The first-order valence-corrected chi connectivity index (χ1v) is 1.87. The molecule has 0 aliphatic rings. The maximum atomic E-state index is 9.39. The lowest BCUT2D eigenvalue weighted by Crippen LogP contribution is -1.66. The normalized spacial score (nSPS) is 7.33. The molecule has 0 aromatic heterocycles. The van der Waals surface area contributed by atoms with Gasteiger partial charge in [0.15, 0.2) is 0 Å². The van der Waals surface area contributed by atoms with Crippen LogP contribution >= 0.6 is 0 Å². The van der Waals surface area contributed by atoms with Crippen molar-refractivity contribution < 1.29 is 4.79 Å². The molecule has 0 fully saturated rings. The highest BCUT2D eigenvalue weighted by Crippen LogP contribution is 1.80. The first kappa shape index (κ1) is 5.41. The summed E-state index contributed by atoms with van der Waals surface area (Å²) in [5.74, 6) is 0. The Labute approximate surface area is 37.7 Å². The molecule has 34 valence electrons. The molecule has 0 amide bonds. The second-order valence-corrected chi connectivity index (χ2v) is 0.972. The lowest BCUT2D eigenvalue weighted by Gasteiger charge is -1.86. The van der Waals surface area contributed by atoms with E-state index >= 15 is 0 Å². The van der Waals surface area contributed by atoms with Crippen molar-refractivity contribution in [3.8, 4) is 0 Å². The zero-order valence-corrected chi connectivity index (χ0v) is 3.61. The van der Waals surface area contributed by atoms with Gasteiger partial charge in [0.05, 0.1) is 0 Å². The molecule has 0 unspecified atom stereocenters. The van der Waals surface area contributed by atoms with Crippen LogP contribution in [-0.4, -0.2) is 6.29 Å². The van der Waals surface area contributed by atoms with Gasteiger partial charge in [0.1, 0.15) is 0 Å². The van der Waals surface area contributed by atoms with Crippen LogP contribution in [0.15, 0.2) is 12.7 Å².